The number of nitrogens with one attached hydrogen (secondary N) is 1. The Hall–Kier alpha value is -4.12. The Balaban J connectivity index is 1.26. The van der Waals surface area contributed by atoms with Crippen LogP contribution in [-0.2, 0) is 13.0 Å². The third-order valence-corrected chi connectivity index (χ3v) is 6.56. The third-order valence-electron chi connectivity index (χ3n) is 6.56. The summed E-state index contributed by atoms with van der Waals surface area (Å²) in [5.74, 6) is 3.31. The van der Waals surface area contributed by atoms with Gasteiger partial charge in [-0.1, -0.05) is 36.3 Å². The maximum atomic E-state index is 12.5. The zero-order chi connectivity index (χ0) is 25.5. The molecule has 0 spiro atoms. The van der Waals surface area contributed by atoms with E-state index in [1.807, 2.05) is 60.9 Å². The molecule has 1 saturated heterocycles. The van der Waals surface area contributed by atoms with Gasteiger partial charge in [0.25, 0.3) is 5.56 Å². The van der Waals surface area contributed by atoms with Crippen LogP contribution in [0.4, 0.5) is 0 Å². The van der Waals surface area contributed by atoms with Crippen molar-refractivity contribution in [3.05, 3.63) is 100 Å². The minimum atomic E-state index is -0.163. The summed E-state index contributed by atoms with van der Waals surface area (Å²) in [6, 6.07) is 18.8. The number of benzene rings is 2. The molecule has 37 heavy (non-hydrogen) atoms. The van der Waals surface area contributed by atoms with Crippen LogP contribution < -0.4 is 10.9 Å². The fourth-order valence-corrected chi connectivity index (χ4v) is 4.54. The van der Waals surface area contributed by atoms with Gasteiger partial charge >= 0.3 is 0 Å². The van der Waals surface area contributed by atoms with Crippen molar-refractivity contribution in [2.24, 2.45) is 0 Å². The molecular weight excluding hydrogens is 460 g/mol. The summed E-state index contributed by atoms with van der Waals surface area (Å²) >= 11 is 0. The van der Waals surface area contributed by atoms with Crippen molar-refractivity contribution in [2.75, 3.05) is 32.7 Å². The van der Waals surface area contributed by atoms with Gasteiger partial charge in [0.05, 0.1) is 12.2 Å². The van der Waals surface area contributed by atoms with Crippen molar-refractivity contribution in [3.8, 4) is 35.0 Å². The molecule has 4 aromatic rings. The lowest BCUT2D eigenvalue weighted by atomic mass is 10.1. The number of piperazine rings is 1. The molecule has 0 amide bonds. The topological polar surface area (TPSA) is 75.9 Å². The second-order valence-electron chi connectivity index (χ2n) is 9.25. The van der Waals surface area contributed by atoms with Gasteiger partial charge in [-0.2, -0.15) is 5.10 Å². The van der Waals surface area contributed by atoms with E-state index < -0.39 is 0 Å². The van der Waals surface area contributed by atoms with Crippen molar-refractivity contribution < 1.29 is 0 Å². The first kappa shape index (κ1) is 24.6. The second-order valence-corrected chi connectivity index (χ2v) is 9.25. The molecule has 0 atom stereocenters. The highest BCUT2D eigenvalue weighted by atomic mass is 16.1. The Kier molecular flexibility index (Phi) is 7.80. The lowest BCUT2D eigenvalue weighted by molar-refractivity contribution is 0.238. The van der Waals surface area contributed by atoms with Crippen LogP contribution >= 0.6 is 0 Å². The normalized spacial score (nSPS) is 13.8. The number of terminal acetylenes is 1. The molecule has 1 N–H and O–H groups in total. The van der Waals surface area contributed by atoms with E-state index >= 15 is 0 Å². The molecule has 0 radical (unpaired) electrons. The average molecular weight is 491 g/mol. The predicted octanol–water partition coefficient (Wildman–Crippen LogP) is 3.23. The highest BCUT2D eigenvalue weighted by Gasteiger charge is 2.10. The summed E-state index contributed by atoms with van der Waals surface area (Å²) in [6.45, 7) is 5.85. The number of rotatable bonds is 8. The van der Waals surface area contributed by atoms with Gasteiger partial charge in [0.2, 0.25) is 0 Å². The Morgan fingerprint density at radius 1 is 0.919 bits per heavy atom. The number of hydrogen-bond donors (Lipinski definition) is 1. The largest absolute Gasteiger partial charge is 0.314 e. The van der Waals surface area contributed by atoms with Crippen LogP contribution in [0.25, 0.3) is 22.6 Å². The quantitative estimate of drug-likeness (QED) is 0.382. The molecule has 1 fully saturated rings. The molecule has 7 heteroatoms. The first-order valence-electron chi connectivity index (χ1n) is 12.7. The summed E-state index contributed by atoms with van der Waals surface area (Å²) in [6.07, 6.45) is 11.5. The molecule has 1 aliphatic rings. The van der Waals surface area contributed by atoms with E-state index in [9.17, 15) is 4.79 Å². The highest BCUT2D eigenvalue weighted by Crippen LogP contribution is 2.19. The van der Waals surface area contributed by atoms with Crippen LogP contribution in [-0.4, -0.2) is 57.4 Å². The Morgan fingerprint density at radius 2 is 1.70 bits per heavy atom. The molecule has 0 unspecified atom stereocenters. The molecule has 0 saturated carbocycles. The van der Waals surface area contributed by atoms with E-state index in [1.54, 1.807) is 12.1 Å². The Morgan fingerprint density at radius 3 is 2.51 bits per heavy atom. The predicted molar refractivity (Wildman–Crippen MR) is 146 cm³/mol. The molecule has 7 nitrogen and oxygen atoms in total. The first-order chi connectivity index (χ1) is 18.2. The van der Waals surface area contributed by atoms with Gasteiger partial charge in [0.1, 0.15) is 0 Å². The van der Waals surface area contributed by atoms with Gasteiger partial charge in [-0.25, -0.2) is 14.6 Å². The first-order valence-corrected chi connectivity index (χ1v) is 12.7. The maximum absolute atomic E-state index is 12.5. The van der Waals surface area contributed by atoms with Gasteiger partial charge in [-0.05, 0) is 54.8 Å². The number of aryl methyl sites for hydroxylation is 1. The smallest absolute Gasteiger partial charge is 0.267 e. The zero-order valence-corrected chi connectivity index (χ0v) is 20.8. The van der Waals surface area contributed by atoms with E-state index in [0.717, 1.165) is 73.4 Å². The summed E-state index contributed by atoms with van der Waals surface area (Å²) < 4.78 is 1.47. The van der Waals surface area contributed by atoms with Crippen molar-refractivity contribution >= 4 is 0 Å². The summed E-state index contributed by atoms with van der Waals surface area (Å²) in [7, 11) is 0. The maximum Gasteiger partial charge on any atom is 0.267 e. The van der Waals surface area contributed by atoms with Crippen LogP contribution in [0.15, 0.2) is 77.9 Å². The molecular formula is C30H30N6O. The highest BCUT2D eigenvalue weighted by molar-refractivity contribution is 5.61. The van der Waals surface area contributed by atoms with Crippen molar-refractivity contribution in [1.82, 2.24) is 30.0 Å². The lowest BCUT2D eigenvalue weighted by Gasteiger charge is -2.26. The SMILES string of the molecule is C#Cc1cccc(-c2ccc(=O)n(Cc3cccc(-c4ncc(CCCN5CCNCC5)cn4)c3)n2)c1. The van der Waals surface area contributed by atoms with Gasteiger partial charge in [-0.15, -0.1) is 6.42 Å². The molecule has 5 rings (SSSR count). The summed E-state index contributed by atoms with van der Waals surface area (Å²) in [5.41, 5.74) is 5.19. The molecule has 0 aliphatic carbocycles. The molecule has 2 aromatic carbocycles. The van der Waals surface area contributed by atoms with Crippen LogP contribution in [0.3, 0.4) is 0 Å². The van der Waals surface area contributed by atoms with E-state index in [2.05, 4.69) is 31.2 Å². The van der Waals surface area contributed by atoms with Crippen LogP contribution in [0, 0.1) is 12.3 Å². The monoisotopic (exact) mass is 490 g/mol. The number of nitrogens with zero attached hydrogens (tertiary/aromatic N) is 5. The van der Waals surface area contributed by atoms with Gasteiger partial charge < -0.3 is 10.2 Å². The molecule has 0 bridgehead atoms. The molecule has 1 aliphatic heterocycles. The van der Waals surface area contributed by atoms with Crippen molar-refractivity contribution in [2.45, 2.75) is 19.4 Å². The van der Waals surface area contributed by atoms with Crippen LogP contribution in [0.1, 0.15) is 23.1 Å². The van der Waals surface area contributed by atoms with E-state index in [1.165, 1.54) is 4.68 Å². The Bertz CT molecular complexity index is 1450. The minimum Gasteiger partial charge on any atom is -0.314 e. The van der Waals surface area contributed by atoms with Crippen molar-refractivity contribution in [3.63, 3.8) is 0 Å². The van der Waals surface area contributed by atoms with Gasteiger partial charge in [0.15, 0.2) is 5.82 Å². The minimum absolute atomic E-state index is 0.163. The van der Waals surface area contributed by atoms with Crippen LogP contribution in [0.2, 0.25) is 0 Å². The van der Waals surface area contributed by atoms with E-state index in [4.69, 9.17) is 6.42 Å². The summed E-state index contributed by atoms with van der Waals surface area (Å²) in [5, 5.41) is 7.98. The van der Waals surface area contributed by atoms with Gasteiger partial charge in [-0.3, -0.25) is 4.79 Å². The number of hydrogen-bond acceptors (Lipinski definition) is 6. The third kappa shape index (κ3) is 6.36. The van der Waals surface area contributed by atoms with E-state index in [-0.39, 0.29) is 5.56 Å². The Labute approximate surface area is 217 Å². The second kappa shape index (κ2) is 11.7. The fraction of sp³-hybridized carbons (Fsp3) is 0.267. The molecule has 186 valence electrons. The van der Waals surface area contributed by atoms with E-state index in [0.29, 0.717) is 18.1 Å². The molecule has 2 aromatic heterocycles. The lowest BCUT2D eigenvalue weighted by Crippen LogP contribution is -2.43. The van der Waals surface area contributed by atoms with Crippen molar-refractivity contribution in [1.29, 1.82) is 0 Å². The molecule has 3 heterocycles. The fourth-order valence-electron chi connectivity index (χ4n) is 4.54. The van der Waals surface area contributed by atoms with Crippen LogP contribution in [0.5, 0.6) is 0 Å². The van der Waals surface area contributed by atoms with Gasteiger partial charge in [0, 0.05) is 61.3 Å². The average Bonchev–Trinajstić information content (AvgIpc) is 2.95. The standard InChI is InChI=1S/C30H30N6O/c1-2-23-6-3-9-26(18-23)28-11-12-29(37)36(34-28)22-24-7-4-10-27(19-24)30-32-20-25(21-33-30)8-5-15-35-16-13-31-14-17-35/h1,3-4,6-7,9-12,18-21,31H,5,8,13-17,22H2. The number of aromatic nitrogens is 4. The summed E-state index contributed by atoms with van der Waals surface area (Å²) in [4.78, 5) is 24.3. The zero-order valence-electron chi connectivity index (χ0n) is 20.8.